The van der Waals surface area contributed by atoms with Crippen molar-refractivity contribution in [1.29, 1.82) is 0 Å². The molecular formula is C28H27NO5. The van der Waals surface area contributed by atoms with Crippen LogP contribution in [0, 0.1) is 13.8 Å². The number of ether oxygens (including phenoxy) is 4. The first-order valence-corrected chi connectivity index (χ1v) is 11.2. The van der Waals surface area contributed by atoms with E-state index in [1.807, 2.05) is 62.4 Å². The highest BCUT2D eigenvalue weighted by atomic mass is 16.5. The van der Waals surface area contributed by atoms with Gasteiger partial charge in [0.1, 0.15) is 18.2 Å². The zero-order chi connectivity index (χ0) is 23.8. The minimum atomic E-state index is -0.0899. The number of ketones is 1. The van der Waals surface area contributed by atoms with Gasteiger partial charge in [-0.2, -0.15) is 0 Å². The van der Waals surface area contributed by atoms with Crippen LogP contribution in [0.2, 0.25) is 0 Å². The van der Waals surface area contributed by atoms with Crippen LogP contribution in [-0.2, 0) is 13.1 Å². The molecule has 0 N–H and O–H groups in total. The molecule has 2 aliphatic heterocycles. The minimum Gasteiger partial charge on any atom is -0.493 e. The predicted octanol–water partition coefficient (Wildman–Crippen LogP) is 5.29. The zero-order valence-corrected chi connectivity index (χ0v) is 19.8. The number of methoxy groups -OCH3 is 2. The smallest absolute Gasteiger partial charge is 0.232 e. The van der Waals surface area contributed by atoms with Crippen molar-refractivity contribution in [2.75, 3.05) is 21.0 Å². The normalized spacial score (nSPS) is 16.0. The lowest BCUT2D eigenvalue weighted by Gasteiger charge is -2.30. The number of carbonyl (C=O) groups excluding carboxylic acids is 1. The Hall–Kier alpha value is -3.77. The SMILES string of the molecule is COc1ccc(CN2COc3cc(C)c4c(c3C2)O/C(=C\c2ccc(C)cc2)C4=O)cc1OC. The van der Waals surface area contributed by atoms with Gasteiger partial charge in [0.15, 0.2) is 17.3 Å². The second-order valence-electron chi connectivity index (χ2n) is 8.67. The molecule has 0 atom stereocenters. The van der Waals surface area contributed by atoms with E-state index in [9.17, 15) is 4.79 Å². The van der Waals surface area contributed by atoms with Crippen LogP contribution in [0.15, 0.2) is 54.3 Å². The van der Waals surface area contributed by atoms with Crippen LogP contribution >= 0.6 is 0 Å². The number of benzene rings is 3. The highest BCUT2D eigenvalue weighted by molar-refractivity contribution is 6.15. The number of allylic oxidation sites excluding steroid dienone is 1. The van der Waals surface area contributed by atoms with Crippen molar-refractivity contribution in [2.45, 2.75) is 26.9 Å². The van der Waals surface area contributed by atoms with Crippen molar-refractivity contribution in [3.05, 3.63) is 87.7 Å². The highest BCUT2D eigenvalue weighted by Crippen LogP contribution is 2.44. The van der Waals surface area contributed by atoms with E-state index in [1.54, 1.807) is 20.3 Å². The fourth-order valence-corrected chi connectivity index (χ4v) is 4.43. The zero-order valence-electron chi connectivity index (χ0n) is 19.8. The first-order chi connectivity index (χ1) is 16.5. The highest BCUT2D eigenvalue weighted by Gasteiger charge is 2.35. The molecule has 2 aliphatic rings. The summed E-state index contributed by atoms with van der Waals surface area (Å²) >= 11 is 0. The Morgan fingerprint density at radius 2 is 1.76 bits per heavy atom. The summed E-state index contributed by atoms with van der Waals surface area (Å²) in [5.41, 5.74) is 5.55. The van der Waals surface area contributed by atoms with Crippen LogP contribution in [0.3, 0.4) is 0 Å². The number of rotatable bonds is 5. The van der Waals surface area contributed by atoms with E-state index in [4.69, 9.17) is 18.9 Å². The molecule has 5 rings (SSSR count). The van der Waals surface area contributed by atoms with Crippen molar-refractivity contribution < 1.29 is 23.7 Å². The molecule has 0 bridgehead atoms. The maximum atomic E-state index is 13.2. The van der Waals surface area contributed by atoms with Crippen LogP contribution in [-0.4, -0.2) is 31.6 Å². The number of carbonyl (C=O) groups is 1. The molecule has 34 heavy (non-hydrogen) atoms. The van der Waals surface area contributed by atoms with Crippen molar-refractivity contribution in [3.8, 4) is 23.0 Å². The molecule has 0 amide bonds. The van der Waals surface area contributed by atoms with Crippen molar-refractivity contribution in [2.24, 2.45) is 0 Å². The van der Waals surface area contributed by atoms with Crippen LogP contribution in [0.1, 0.15) is 38.2 Å². The fourth-order valence-electron chi connectivity index (χ4n) is 4.43. The van der Waals surface area contributed by atoms with E-state index in [1.165, 1.54) is 5.56 Å². The summed E-state index contributed by atoms with van der Waals surface area (Å²) in [7, 11) is 3.25. The third-order valence-corrected chi connectivity index (χ3v) is 6.22. The molecular weight excluding hydrogens is 430 g/mol. The first-order valence-electron chi connectivity index (χ1n) is 11.2. The molecule has 0 unspecified atom stereocenters. The van der Waals surface area contributed by atoms with E-state index >= 15 is 0 Å². The lowest BCUT2D eigenvalue weighted by Crippen LogP contribution is -2.31. The summed E-state index contributed by atoms with van der Waals surface area (Å²) in [6.07, 6.45) is 1.80. The number of aryl methyl sites for hydroxylation is 2. The molecule has 174 valence electrons. The Bertz CT molecular complexity index is 1290. The van der Waals surface area contributed by atoms with Gasteiger partial charge < -0.3 is 18.9 Å². The molecule has 0 saturated carbocycles. The fraction of sp³-hybridized carbons (Fsp3) is 0.250. The lowest BCUT2D eigenvalue weighted by molar-refractivity contribution is 0.0871. The predicted molar refractivity (Wildman–Crippen MR) is 130 cm³/mol. The molecule has 0 fully saturated rings. The number of hydrogen-bond acceptors (Lipinski definition) is 6. The third kappa shape index (κ3) is 4.01. The van der Waals surface area contributed by atoms with E-state index < -0.39 is 0 Å². The van der Waals surface area contributed by atoms with E-state index in [-0.39, 0.29) is 5.78 Å². The summed E-state index contributed by atoms with van der Waals surface area (Å²) < 4.78 is 23.0. The van der Waals surface area contributed by atoms with E-state index in [0.717, 1.165) is 28.0 Å². The van der Waals surface area contributed by atoms with Gasteiger partial charge in [0.05, 0.1) is 25.3 Å². The standard InChI is InChI=1S/C28H27NO5/c1-17-5-7-19(8-6-17)12-25-27(30)26-18(2)11-23-21(28(26)34-25)15-29(16-33-23)14-20-9-10-22(31-3)24(13-20)32-4/h5-13H,14-16H2,1-4H3/b25-12-. The number of hydrogen-bond donors (Lipinski definition) is 0. The maximum absolute atomic E-state index is 13.2. The maximum Gasteiger partial charge on any atom is 0.232 e. The van der Waals surface area contributed by atoms with E-state index in [2.05, 4.69) is 4.90 Å². The van der Waals surface area contributed by atoms with E-state index in [0.29, 0.717) is 48.4 Å². The Labute approximate surface area is 199 Å². The number of nitrogens with zero attached hydrogens (tertiary/aromatic N) is 1. The molecule has 2 heterocycles. The van der Waals surface area contributed by atoms with Crippen molar-refractivity contribution in [1.82, 2.24) is 4.90 Å². The van der Waals surface area contributed by atoms with Gasteiger partial charge in [0, 0.05) is 13.1 Å². The molecule has 3 aromatic rings. The summed E-state index contributed by atoms with van der Waals surface area (Å²) in [5.74, 6) is 3.01. The van der Waals surface area contributed by atoms with Gasteiger partial charge in [-0.15, -0.1) is 0 Å². The van der Waals surface area contributed by atoms with Gasteiger partial charge in [-0.05, 0) is 54.8 Å². The number of fused-ring (bicyclic) bond motifs is 3. The van der Waals surface area contributed by atoms with Crippen molar-refractivity contribution in [3.63, 3.8) is 0 Å². The molecule has 0 spiro atoms. The molecule has 0 aromatic heterocycles. The second kappa shape index (κ2) is 8.88. The number of Topliss-reactive ketones (excluding diaryl/α,β-unsaturated/α-hetero) is 1. The monoisotopic (exact) mass is 457 g/mol. The van der Waals surface area contributed by atoms with Gasteiger partial charge in [-0.25, -0.2) is 0 Å². The van der Waals surface area contributed by atoms with Crippen LogP contribution in [0.4, 0.5) is 0 Å². The van der Waals surface area contributed by atoms with Gasteiger partial charge >= 0.3 is 0 Å². The Balaban J connectivity index is 1.42. The van der Waals surface area contributed by atoms with Crippen LogP contribution in [0.5, 0.6) is 23.0 Å². The van der Waals surface area contributed by atoms with Gasteiger partial charge in [0.25, 0.3) is 0 Å². The van der Waals surface area contributed by atoms with Gasteiger partial charge in [-0.3, -0.25) is 9.69 Å². The first kappa shape index (κ1) is 22.0. The molecule has 6 nitrogen and oxygen atoms in total. The quantitative estimate of drug-likeness (QED) is 0.486. The molecule has 0 saturated heterocycles. The summed E-state index contributed by atoms with van der Waals surface area (Å²) in [4.78, 5) is 15.4. The van der Waals surface area contributed by atoms with Crippen molar-refractivity contribution >= 4 is 11.9 Å². The summed E-state index contributed by atoms with van der Waals surface area (Å²) in [6, 6.07) is 15.8. The summed E-state index contributed by atoms with van der Waals surface area (Å²) in [6.45, 7) is 5.67. The van der Waals surface area contributed by atoms with Gasteiger partial charge in [-0.1, -0.05) is 35.9 Å². The average Bonchev–Trinajstić information content (AvgIpc) is 3.17. The third-order valence-electron chi connectivity index (χ3n) is 6.22. The molecule has 0 aliphatic carbocycles. The molecule has 3 aromatic carbocycles. The molecule has 0 radical (unpaired) electrons. The molecule has 6 heteroatoms. The largest absolute Gasteiger partial charge is 0.493 e. The second-order valence-corrected chi connectivity index (χ2v) is 8.67. The lowest BCUT2D eigenvalue weighted by atomic mass is 9.98. The Morgan fingerprint density at radius 1 is 1.00 bits per heavy atom. The average molecular weight is 458 g/mol. The van der Waals surface area contributed by atoms with Gasteiger partial charge in [0.2, 0.25) is 5.78 Å². The van der Waals surface area contributed by atoms with Crippen LogP contribution in [0.25, 0.3) is 6.08 Å². The Kier molecular flexibility index (Phi) is 5.75. The summed E-state index contributed by atoms with van der Waals surface area (Å²) in [5, 5.41) is 0. The topological polar surface area (TPSA) is 57.2 Å². The Morgan fingerprint density at radius 3 is 2.50 bits per heavy atom. The van der Waals surface area contributed by atoms with Crippen LogP contribution < -0.4 is 18.9 Å². The minimum absolute atomic E-state index is 0.0899.